The largest absolute Gasteiger partial charge is 0.336 e. The Morgan fingerprint density at radius 2 is 2.04 bits per heavy atom. The highest BCUT2D eigenvalue weighted by Gasteiger charge is 2.35. The summed E-state index contributed by atoms with van der Waals surface area (Å²) in [5.74, 6) is 1.28. The van der Waals surface area contributed by atoms with E-state index in [0.717, 1.165) is 38.1 Å². The maximum Gasteiger partial charge on any atom is 0.291 e. The van der Waals surface area contributed by atoms with Gasteiger partial charge in [0, 0.05) is 46.2 Å². The lowest BCUT2D eigenvalue weighted by Gasteiger charge is -2.38. The van der Waals surface area contributed by atoms with E-state index in [1.165, 1.54) is 18.4 Å². The van der Waals surface area contributed by atoms with E-state index in [4.69, 9.17) is 0 Å². The van der Waals surface area contributed by atoms with Crippen LogP contribution in [0.2, 0.25) is 0 Å². The minimum absolute atomic E-state index is 0.0752. The summed E-state index contributed by atoms with van der Waals surface area (Å²) in [5, 5.41) is 8.29. The van der Waals surface area contributed by atoms with E-state index in [-0.39, 0.29) is 17.9 Å². The summed E-state index contributed by atoms with van der Waals surface area (Å²) >= 11 is 0. The molecule has 26 heavy (non-hydrogen) atoms. The second-order valence-electron chi connectivity index (χ2n) is 7.27. The third-order valence-electron chi connectivity index (χ3n) is 5.38. The molecule has 1 fully saturated rings. The topological polar surface area (TPSA) is 100 Å². The lowest BCUT2D eigenvalue weighted by molar-refractivity contribution is 0.0621. The third-order valence-corrected chi connectivity index (χ3v) is 6.94. The molecule has 9 nitrogen and oxygen atoms in total. The first kappa shape index (κ1) is 19.2. The van der Waals surface area contributed by atoms with Crippen LogP contribution < -0.4 is 4.72 Å². The second-order valence-corrected chi connectivity index (χ2v) is 9.18. The highest BCUT2D eigenvalue weighted by molar-refractivity contribution is 7.87. The van der Waals surface area contributed by atoms with Crippen molar-refractivity contribution in [2.24, 2.45) is 5.92 Å². The summed E-state index contributed by atoms with van der Waals surface area (Å²) in [5.41, 5.74) is 0. The number of carbonyl (C=O) groups excluding carboxylic acids is 1. The number of hydrogen-bond donors (Lipinski definition) is 1. The Labute approximate surface area is 154 Å². The molecule has 0 aromatic carbocycles. The van der Waals surface area contributed by atoms with Crippen molar-refractivity contribution in [1.29, 1.82) is 0 Å². The van der Waals surface area contributed by atoms with Crippen LogP contribution in [0, 0.1) is 5.92 Å². The molecular formula is C16H28N6O3S. The minimum atomic E-state index is -3.48. The van der Waals surface area contributed by atoms with E-state index in [1.54, 1.807) is 4.90 Å². The zero-order chi connectivity index (χ0) is 18.9. The average molecular weight is 385 g/mol. The number of rotatable bonds is 5. The van der Waals surface area contributed by atoms with E-state index in [2.05, 4.69) is 14.9 Å². The van der Waals surface area contributed by atoms with Crippen molar-refractivity contribution in [2.45, 2.75) is 51.6 Å². The van der Waals surface area contributed by atoms with Crippen molar-refractivity contribution in [3.05, 3.63) is 11.6 Å². The Bertz CT molecular complexity index is 760. The average Bonchev–Trinajstić information content (AvgIpc) is 3.05. The van der Waals surface area contributed by atoms with Crippen LogP contribution >= 0.6 is 0 Å². The fourth-order valence-electron chi connectivity index (χ4n) is 3.69. The number of nitrogens with zero attached hydrogens (tertiary/aromatic N) is 5. The SMILES string of the molecule is CC[C@@H]1CN(C(=O)c2nnc3n2CCCC3)CC[C@@H]1NS(=O)(=O)N(C)C. The van der Waals surface area contributed by atoms with Crippen LogP contribution in [0.25, 0.3) is 0 Å². The van der Waals surface area contributed by atoms with E-state index >= 15 is 0 Å². The van der Waals surface area contributed by atoms with Gasteiger partial charge < -0.3 is 9.47 Å². The van der Waals surface area contributed by atoms with Crippen LogP contribution in [0.4, 0.5) is 0 Å². The Morgan fingerprint density at radius 1 is 1.27 bits per heavy atom. The molecule has 2 aliphatic rings. The summed E-state index contributed by atoms with van der Waals surface area (Å²) in [7, 11) is -0.460. The van der Waals surface area contributed by atoms with Crippen molar-refractivity contribution < 1.29 is 13.2 Å². The van der Waals surface area contributed by atoms with Crippen molar-refractivity contribution in [1.82, 2.24) is 28.7 Å². The van der Waals surface area contributed by atoms with Crippen LogP contribution in [-0.2, 0) is 23.2 Å². The molecule has 3 heterocycles. The summed E-state index contributed by atoms with van der Waals surface area (Å²) in [6.45, 7) is 3.85. The van der Waals surface area contributed by atoms with E-state index in [9.17, 15) is 13.2 Å². The van der Waals surface area contributed by atoms with Gasteiger partial charge in [-0.3, -0.25) is 4.79 Å². The van der Waals surface area contributed by atoms with Crippen molar-refractivity contribution in [3.8, 4) is 0 Å². The van der Waals surface area contributed by atoms with Gasteiger partial charge >= 0.3 is 0 Å². The zero-order valence-electron chi connectivity index (χ0n) is 15.7. The number of fused-ring (bicyclic) bond motifs is 1. The van der Waals surface area contributed by atoms with E-state index < -0.39 is 10.2 Å². The van der Waals surface area contributed by atoms with Crippen molar-refractivity contribution in [3.63, 3.8) is 0 Å². The fraction of sp³-hybridized carbons (Fsp3) is 0.812. The minimum Gasteiger partial charge on any atom is -0.336 e. The van der Waals surface area contributed by atoms with Gasteiger partial charge in [0.2, 0.25) is 5.82 Å². The van der Waals surface area contributed by atoms with Gasteiger partial charge in [0.25, 0.3) is 16.1 Å². The van der Waals surface area contributed by atoms with E-state index in [1.807, 2.05) is 11.5 Å². The molecule has 0 radical (unpaired) electrons. The van der Waals surface area contributed by atoms with Gasteiger partial charge in [0.05, 0.1) is 0 Å². The number of carbonyl (C=O) groups is 1. The molecule has 146 valence electrons. The van der Waals surface area contributed by atoms with Gasteiger partial charge in [0.1, 0.15) is 5.82 Å². The molecule has 1 saturated heterocycles. The molecule has 3 rings (SSSR count). The first-order valence-electron chi connectivity index (χ1n) is 9.24. The lowest BCUT2D eigenvalue weighted by Crippen LogP contribution is -2.54. The van der Waals surface area contributed by atoms with Gasteiger partial charge in [0.15, 0.2) is 0 Å². The molecule has 2 atom stereocenters. The fourth-order valence-corrected chi connectivity index (χ4v) is 4.59. The van der Waals surface area contributed by atoms with Crippen LogP contribution in [0.15, 0.2) is 0 Å². The Morgan fingerprint density at radius 3 is 2.73 bits per heavy atom. The summed E-state index contributed by atoms with van der Waals surface area (Å²) in [6.07, 6.45) is 4.38. The number of aryl methyl sites for hydroxylation is 1. The van der Waals surface area contributed by atoms with Gasteiger partial charge in [-0.05, 0) is 25.2 Å². The van der Waals surface area contributed by atoms with Crippen molar-refractivity contribution in [2.75, 3.05) is 27.2 Å². The van der Waals surface area contributed by atoms with Gasteiger partial charge in [-0.1, -0.05) is 13.3 Å². The smallest absolute Gasteiger partial charge is 0.291 e. The standard InChI is InChI=1S/C16H28N6O3S/c1-4-12-11-21(10-8-13(12)19-26(24,25)20(2)3)16(23)15-18-17-14-7-5-6-9-22(14)15/h12-13,19H,4-11H2,1-3H3/t12-,13+/m1/s1. The molecule has 1 N–H and O–H groups in total. The molecule has 10 heteroatoms. The third kappa shape index (κ3) is 3.77. The van der Waals surface area contributed by atoms with E-state index in [0.29, 0.717) is 25.3 Å². The maximum atomic E-state index is 13.0. The first-order valence-corrected chi connectivity index (χ1v) is 10.7. The first-order chi connectivity index (χ1) is 12.3. The Balaban J connectivity index is 1.70. The van der Waals surface area contributed by atoms with Crippen LogP contribution in [0.5, 0.6) is 0 Å². The van der Waals surface area contributed by atoms with Crippen LogP contribution in [0.3, 0.4) is 0 Å². The Hall–Kier alpha value is -1.52. The van der Waals surface area contributed by atoms with Crippen LogP contribution in [-0.4, -0.2) is 71.5 Å². The zero-order valence-corrected chi connectivity index (χ0v) is 16.5. The number of nitrogens with one attached hydrogen (secondary N) is 1. The predicted octanol–water partition coefficient (Wildman–Crippen LogP) is 0.251. The number of hydrogen-bond acceptors (Lipinski definition) is 5. The molecule has 1 amide bonds. The molecule has 0 spiro atoms. The molecule has 2 aliphatic heterocycles. The second kappa shape index (κ2) is 7.61. The van der Waals surface area contributed by atoms with Crippen molar-refractivity contribution >= 4 is 16.1 Å². The van der Waals surface area contributed by atoms with Gasteiger partial charge in [-0.2, -0.15) is 17.4 Å². The molecule has 0 aliphatic carbocycles. The summed E-state index contributed by atoms with van der Waals surface area (Å²) < 4.78 is 30.2. The van der Waals surface area contributed by atoms with Gasteiger partial charge in [-0.15, -0.1) is 10.2 Å². The monoisotopic (exact) mass is 384 g/mol. The molecule has 1 aromatic heterocycles. The molecule has 1 aromatic rings. The quantitative estimate of drug-likeness (QED) is 0.784. The molecule has 0 saturated carbocycles. The maximum absolute atomic E-state index is 13.0. The molecule has 0 bridgehead atoms. The Kier molecular flexibility index (Phi) is 5.64. The summed E-state index contributed by atoms with van der Waals surface area (Å²) in [4.78, 5) is 14.7. The highest BCUT2D eigenvalue weighted by atomic mass is 32.2. The summed E-state index contributed by atoms with van der Waals surface area (Å²) in [6, 6.07) is -0.163. The lowest BCUT2D eigenvalue weighted by atomic mass is 9.90. The number of amides is 1. The highest BCUT2D eigenvalue weighted by Crippen LogP contribution is 2.23. The predicted molar refractivity (Wildman–Crippen MR) is 96.8 cm³/mol. The van der Waals surface area contributed by atoms with Crippen LogP contribution in [0.1, 0.15) is 49.1 Å². The normalized spacial score (nSPS) is 23.9. The molecule has 0 unspecified atom stereocenters. The molecular weight excluding hydrogens is 356 g/mol. The van der Waals surface area contributed by atoms with Gasteiger partial charge in [-0.25, -0.2) is 0 Å². The number of likely N-dealkylation sites (tertiary alicyclic amines) is 1. The number of aromatic nitrogens is 3. The number of piperidine rings is 1.